The summed E-state index contributed by atoms with van der Waals surface area (Å²) in [6, 6.07) is 8.97. The van der Waals surface area contributed by atoms with E-state index in [4.69, 9.17) is 33.4 Å². The molecule has 4 nitrogen and oxygen atoms in total. The molecule has 132 valence electrons. The van der Waals surface area contributed by atoms with Crippen molar-refractivity contribution >= 4 is 51.7 Å². The van der Waals surface area contributed by atoms with Crippen LogP contribution in [0.25, 0.3) is 11.3 Å². The molecule has 0 radical (unpaired) electrons. The largest absolute Gasteiger partial charge is 0.455 e. The van der Waals surface area contributed by atoms with Crippen LogP contribution in [0.3, 0.4) is 0 Å². The van der Waals surface area contributed by atoms with Crippen LogP contribution in [0.1, 0.15) is 33.0 Å². The first-order valence-corrected chi connectivity index (χ1v) is 9.64. The Kier molecular flexibility index (Phi) is 4.61. The predicted molar refractivity (Wildman–Crippen MR) is 106 cm³/mol. The first-order chi connectivity index (χ1) is 12.5. The van der Waals surface area contributed by atoms with Gasteiger partial charge in [0, 0.05) is 10.4 Å². The van der Waals surface area contributed by atoms with Gasteiger partial charge in [-0.15, -0.1) is 11.3 Å². The van der Waals surface area contributed by atoms with Gasteiger partial charge in [-0.3, -0.25) is 4.79 Å². The second kappa shape index (κ2) is 6.91. The van der Waals surface area contributed by atoms with Gasteiger partial charge in [0.2, 0.25) is 0 Å². The molecular formula is C19H14Cl2N2O2S. The van der Waals surface area contributed by atoms with Crippen LogP contribution in [0.4, 0.5) is 5.00 Å². The van der Waals surface area contributed by atoms with E-state index >= 15 is 0 Å². The Morgan fingerprint density at radius 2 is 2.08 bits per heavy atom. The smallest absolute Gasteiger partial charge is 0.252 e. The summed E-state index contributed by atoms with van der Waals surface area (Å²) in [5.74, 6) is 0.727. The highest BCUT2D eigenvalue weighted by molar-refractivity contribution is 7.16. The van der Waals surface area contributed by atoms with Crippen LogP contribution in [0.5, 0.6) is 0 Å². The standard InChI is InChI=1S/C19H14Cl2N2O2S/c20-13-5-1-3-11(17(13)21)14-8-7-10(25-14)9-23-19-16(18(22)24)12-4-2-6-15(12)26-19/h1,3,5,7-9H,2,4,6H2,(H2,22,24). The van der Waals surface area contributed by atoms with E-state index in [0.717, 1.165) is 24.8 Å². The molecule has 3 aromatic rings. The lowest BCUT2D eigenvalue weighted by molar-refractivity contribution is 0.100. The first-order valence-electron chi connectivity index (χ1n) is 8.07. The average Bonchev–Trinajstić information content (AvgIpc) is 3.30. The lowest BCUT2D eigenvalue weighted by atomic mass is 10.1. The summed E-state index contributed by atoms with van der Waals surface area (Å²) in [7, 11) is 0. The van der Waals surface area contributed by atoms with Gasteiger partial charge in [-0.25, -0.2) is 4.99 Å². The lowest BCUT2D eigenvalue weighted by Gasteiger charge is -2.01. The molecule has 0 bridgehead atoms. The van der Waals surface area contributed by atoms with Gasteiger partial charge in [0.05, 0.1) is 21.8 Å². The summed E-state index contributed by atoms with van der Waals surface area (Å²) in [5, 5.41) is 1.55. The average molecular weight is 405 g/mol. The van der Waals surface area contributed by atoms with Gasteiger partial charge in [-0.05, 0) is 49.1 Å². The van der Waals surface area contributed by atoms with E-state index in [-0.39, 0.29) is 0 Å². The number of benzene rings is 1. The number of furan rings is 1. The fourth-order valence-corrected chi connectivity index (χ4v) is 4.75. The van der Waals surface area contributed by atoms with Crippen LogP contribution in [0.2, 0.25) is 10.0 Å². The van der Waals surface area contributed by atoms with Crippen LogP contribution >= 0.6 is 34.5 Å². The lowest BCUT2D eigenvalue weighted by Crippen LogP contribution is -2.12. The van der Waals surface area contributed by atoms with Crippen molar-refractivity contribution in [3.8, 4) is 11.3 Å². The molecule has 1 aromatic carbocycles. The van der Waals surface area contributed by atoms with Gasteiger partial charge >= 0.3 is 0 Å². The highest BCUT2D eigenvalue weighted by Gasteiger charge is 2.24. The topological polar surface area (TPSA) is 68.6 Å². The number of carbonyl (C=O) groups excluding carboxylic acids is 1. The molecule has 2 heterocycles. The summed E-state index contributed by atoms with van der Waals surface area (Å²) < 4.78 is 5.80. The van der Waals surface area contributed by atoms with Gasteiger partial charge in [-0.2, -0.15) is 0 Å². The van der Waals surface area contributed by atoms with Crippen molar-refractivity contribution in [3.05, 3.63) is 62.1 Å². The minimum absolute atomic E-state index is 0.428. The summed E-state index contributed by atoms with van der Waals surface area (Å²) >= 11 is 13.8. The minimum Gasteiger partial charge on any atom is -0.455 e. The van der Waals surface area contributed by atoms with Crippen LogP contribution in [-0.4, -0.2) is 12.1 Å². The van der Waals surface area contributed by atoms with Crippen molar-refractivity contribution in [1.82, 2.24) is 0 Å². The second-order valence-corrected chi connectivity index (χ2v) is 7.83. The Hall–Kier alpha value is -2.08. The number of thiophene rings is 1. The molecular weight excluding hydrogens is 391 g/mol. The van der Waals surface area contributed by atoms with Crippen molar-refractivity contribution < 1.29 is 9.21 Å². The molecule has 26 heavy (non-hydrogen) atoms. The Labute approximate surface area is 164 Å². The van der Waals surface area contributed by atoms with Crippen molar-refractivity contribution in [2.75, 3.05) is 0 Å². The third-order valence-electron chi connectivity index (χ3n) is 4.30. The molecule has 0 fully saturated rings. The number of nitrogens with zero attached hydrogens (tertiary/aromatic N) is 1. The molecule has 2 aromatic heterocycles. The number of fused-ring (bicyclic) bond motifs is 1. The minimum atomic E-state index is -0.428. The molecule has 0 aliphatic heterocycles. The normalized spacial score (nSPS) is 13.5. The molecule has 4 rings (SSSR count). The number of primary amides is 1. The summed E-state index contributed by atoms with van der Waals surface area (Å²) in [5.41, 5.74) is 7.87. The van der Waals surface area contributed by atoms with Crippen LogP contribution < -0.4 is 5.73 Å². The zero-order valence-corrected chi connectivity index (χ0v) is 15.9. The molecule has 1 aliphatic carbocycles. The van der Waals surface area contributed by atoms with Crippen molar-refractivity contribution in [2.45, 2.75) is 19.3 Å². The molecule has 2 N–H and O–H groups in total. The maximum atomic E-state index is 11.8. The fraction of sp³-hybridized carbons (Fsp3) is 0.158. The van der Waals surface area contributed by atoms with E-state index in [1.54, 1.807) is 18.3 Å². The highest BCUT2D eigenvalue weighted by Crippen LogP contribution is 2.40. The third-order valence-corrected chi connectivity index (χ3v) is 6.32. The SMILES string of the molecule is NC(=O)c1c(N=Cc2ccc(-c3cccc(Cl)c3Cl)o2)sc2c1CCC2. The van der Waals surface area contributed by atoms with Gasteiger partial charge in [0.1, 0.15) is 16.5 Å². The molecule has 1 aliphatic rings. The highest BCUT2D eigenvalue weighted by atomic mass is 35.5. The van der Waals surface area contributed by atoms with Gasteiger partial charge < -0.3 is 10.2 Å². The van der Waals surface area contributed by atoms with Crippen LogP contribution in [0, 0.1) is 0 Å². The van der Waals surface area contributed by atoms with Gasteiger partial charge in [0.25, 0.3) is 5.91 Å². The first kappa shape index (κ1) is 17.3. The molecule has 7 heteroatoms. The number of amides is 1. The van der Waals surface area contributed by atoms with Gasteiger partial charge in [0.15, 0.2) is 0 Å². The predicted octanol–water partition coefficient (Wildman–Crippen LogP) is 5.65. The maximum absolute atomic E-state index is 11.8. The molecule has 0 spiro atoms. The Balaban J connectivity index is 1.64. The molecule has 1 amide bonds. The number of hydrogen-bond acceptors (Lipinski definition) is 4. The van der Waals surface area contributed by atoms with Crippen molar-refractivity contribution in [2.24, 2.45) is 10.7 Å². The van der Waals surface area contributed by atoms with Crippen molar-refractivity contribution in [1.29, 1.82) is 0 Å². The van der Waals surface area contributed by atoms with Crippen LogP contribution in [0.15, 0.2) is 39.7 Å². The molecule has 0 unspecified atom stereocenters. The number of nitrogens with two attached hydrogens (primary N) is 1. The van der Waals surface area contributed by atoms with E-state index in [1.165, 1.54) is 16.2 Å². The third kappa shape index (κ3) is 3.07. The van der Waals surface area contributed by atoms with E-state index in [1.807, 2.05) is 18.2 Å². The van der Waals surface area contributed by atoms with Crippen molar-refractivity contribution in [3.63, 3.8) is 0 Å². The monoisotopic (exact) mass is 404 g/mol. The Morgan fingerprint density at radius 3 is 2.88 bits per heavy atom. The Morgan fingerprint density at radius 1 is 1.23 bits per heavy atom. The van der Waals surface area contributed by atoms with Crippen LogP contribution in [-0.2, 0) is 12.8 Å². The van der Waals surface area contributed by atoms with E-state index in [0.29, 0.717) is 37.7 Å². The maximum Gasteiger partial charge on any atom is 0.252 e. The zero-order chi connectivity index (χ0) is 18.3. The second-order valence-electron chi connectivity index (χ2n) is 5.96. The van der Waals surface area contributed by atoms with E-state index < -0.39 is 5.91 Å². The fourth-order valence-electron chi connectivity index (χ4n) is 3.12. The molecule has 0 saturated heterocycles. The number of aliphatic imine (C=N–C) groups is 1. The number of hydrogen-bond donors (Lipinski definition) is 1. The number of rotatable bonds is 4. The quantitative estimate of drug-likeness (QED) is 0.570. The Bertz CT molecular complexity index is 1040. The zero-order valence-electron chi connectivity index (χ0n) is 13.6. The molecule has 0 atom stereocenters. The van der Waals surface area contributed by atoms with E-state index in [9.17, 15) is 4.79 Å². The summed E-state index contributed by atoms with van der Waals surface area (Å²) in [6.07, 6.45) is 4.52. The summed E-state index contributed by atoms with van der Waals surface area (Å²) in [4.78, 5) is 17.5. The summed E-state index contributed by atoms with van der Waals surface area (Å²) in [6.45, 7) is 0. The number of aryl methyl sites for hydroxylation is 1. The van der Waals surface area contributed by atoms with E-state index in [2.05, 4.69) is 4.99 Å². The number of carbonyl (C=O) groups is 1. The molecule has 0 saturated carbocycles. The number of halogens is 2. The van der Waals surface area contributed by atoms with Gasteiger partial charge in [-0.1, -0.05) is 29.3 Å².